The molecular formula is C50H40N2. The Morgan fingerprint density at radius 2 is 0.673 bits per heavy atom. The van der Waals surface area contributed by atoms with Crippen LogP contribution < -0.4 is 0 Å². The Kier molecular flexibility index (Phi) is 7.74. The van der Waals surface area contributed by atoms with Crippen LogP contribution in [0.3, 0.4) is 0 Å². The molecule has 0 N–H and O–H groups in total. The first-order valence-electron chi connectivity index (χ1n) is 18.1. The normalized spacial score (nSPS) is 11.5. The summed E-state index contributed by atoms with van der Waals surface area (Å²) in [6.07, 6.45) is 0. The third kappa shape index (κ3) is 5.54. The van der Waals surface area contributed by atoms with Gasteiger partial charge in [-0.15, -0.1) is 0 Å². The van der Waals surface area contributed by atoms with Gasteiger partial charge >= 0.3 is 0 Å². The molecule has 0 saturated carbocycles. The molecule has 0 bridgehead atoms. The molecule has 0 spiro atoms. The Labute approximate surface area is 305 Å². The fourth-order valence-corrected chi connectivity index (χ4v) is 7.71. The SMILES string of the molecule is Cc1ccc(-c2cc3cc4c(cc(-c5ccc(C)cc5)n4-c4ccc(-c5ccccc5C)cc4)cc3n2-c2ccc(-c3ccccc3C)cc2)cc1. The molecule has 0 aliphatic carbocycles. The van der Waals surface area contributed by atoms with Crippen LogP contribution in [0, 0.1) is 27.7 Å². The first-order chi connectivity index (χ1) is 25.4. The lowest BCUT2D eigenvalue weighted by molar-refractivity contribution is 1.13. The van der Waals surface area contributed by atoms with E-state index in [1.165, 1.54) is 88.8 Å². The van der Waals surface area contributed by atoms with Gasteiger partial charge in [-0.1, -0.05) is 132 Å². The number of benzene rings is 7. The minimum absolute atomic E-state index is 1.15. The quantitative estimate of drug-likeness (QED) is 0.167. The number of fused-ring (bicyclic) bond motifs is 2. The second-order valence-electron chi connectivity index (χ2n) is 14.2. The molecule has 9 aromatic rings. The zero-order chi connectivity index (χ0) is 35.3. The van der Waals surface area contributed by atoms with Gasteiger partial charge in [0.15, 0.2) is 0 Å². The molecule has 0 saturated heterocycles. The van der Waals surface area contributed by atoms with Crippen LogP contribution in [0.15, 0.2) is 170 Å². The minimum atomic E-state index is 1.15. The van der Waals surface area contributed by atoms with E-state index in [1.54, 1.807) is 0 Å². The Hall–Kier alpha value is -6.38. The summed E-state index contributed by atoms with van der Waals surface area (Å²) < 4.78 is 4.86. The average molecular weight is 669 g/mol. The van der Waals surface area contributed by atoms with Crippen LogP contribution in [0.5, 0.6) is 0 Å². The Balaban J connectivity index is 1.25. The van der Waals surface area contributed by atoms with Gasteiger partial charge in [0.05, 0.1) is 22.4 Å². The third-order valence-corrected chi connectivity index (χ3v) is 10.6. The summed E-state index contributed by atoms with van der Waals surface area (Å²) in [6.45, 7) is 8.65. The maximum Gasteiger partial charge on any atom is 0.0542 e. The maximum absolute atomic E-state index is 2.43. The second-order valence-corrected chi connectivity index (χ2v) is 14.2. The van der Waals surface area contributed by atoms with E-state index in [9.17, 15) is 0 Å². The third-order valence-electron chi connectivity index (χ3n) is 10.6. The van der Waals surface area contributed by atoms with Gasteiger partial charge in [-0.3, -0.25) is 0 Å². The molecule has 2 heterocycles. The lowest BCUT2D eigenvalue weighted by Gasteiger charge is -2.14. The largest absolute Gasteiger partial charge is 0.309 e. The molecule has 2 heteroatoms. The van der Waals surface area contributed by atoms with Crippen LogP contribution in [-0.2, 0) is 0 Å². The highest BCUT2D eigenvalue weighted by molar-refractivity contribution is 6.02. The van der Waals surface area contributed by atoms with Gasteiger partial charge in [0.1, 0.15) is 0 Å². The molecule has 0 atom stereocenters. The van der Waals surface area contributed by atoms with Crippen LogP contribution in [0.2, 0.25) is 0 Å². The topological polar surface area (TPSA) is 9.86 Å². The van der Waals surface area contributed by atoms with Crippen molar-refractivity contribution < 1.29 is 0 Å². The summed E-state index contributed by atoms with van der Waals surface area (Å²) in [4.78, 5) is 0. The summed E-state index contributed by atoms with van der Waals surface area (Å²) in [5.74, 6) is 0. The highest BCUT2D eigenvalue weighted by atomic mass is 15.0. The van der Waals surface area contributed by atoms with E-state index in [-0.39, 0.29) is 0 Å². The fourth-order valence-electron chi connectivity index (χ4n) is 7.71. The first-order valence-corrected chi connectivity index (χ1v) is 18.1. The fraction of sp³-hybridized carbons (Fsp3) is 0.0800. The van der Waals surface area contributed by atoms with E-state index < -0.39 is 0 Å². The van der Waals surface area contributed by atoms with Crippen molar-refractivity contribution in [3.05, 3.63) is 192 Å². The van der Waals surface area contributed by atoms with Gasteiger partial charge in [0.25, 0.3) is 0 Å². The van der Waals surface area contributed by atoms with Gasteiger partial charge in [0, 0.05) is 22.1 Å². The Morgan fingerprint density at radius 1 is 0.327 bits per heavy atom. The lowest BCUT2D eigenvalue weighted by Crippen LogP contribution is -1.98. The predicted molar refractivity (Wildman–Crippen MR) is 221 cm³/mol. The second kappa shape index (κ2) is 12.7. The molecule has 52 heavy (non-hydrogen) atoms. The monoisotopic (exact) mass is 668 g/mol. The molecule has 9 rings (SSSR count). The van der Waals surface area contributed by atoms with Crippen molar-refractivity contribution in [3.63, 3.8) is 0 Å². The smallest absolute Gasteiger partial charge is 0.0542 e. The number of hydrogen-bond acceptors (Lipinski definition) is 0. The number of aryl methyl sites for hydroxylation is 4. The van der Waals surface area contributed by atoms with Gasteiger partial charge in [-0.2, -0.15) is 0 Å². The van der Waals surface area contributed by atoms with E-state index in [2.05, 4.69) is 207 Å². The number of rotatable bonds is 6. The van der Waals surface area contributed by atoms with Gasteiger partial charge in [-0.05, 0) is 121 Å². The zero-order valence-corrected chi connectivity index (χ0v) is 30.1. The van der Waals surface area contributed by atoms with Crippen LogP contribution in [-0.4, -0.2) is 9.13 Å². The van der Waals surface area contributed by atoms with Gasteiger partial charge in [-0.25, -0.2) is 0 Å². The van der Waals surface area contributed by atoms with Crippen molar-refractivity contribution >= 4 is 21.8 Å². The van der Waals surface area contributed by atoms with E-state index in [0.717, 1.165) is 11.4 Å². The molecule has 2 nitrogen and oxygen atoms in total. The lowest BCUT2D eigenvalue weighted by atomic mass is 10.0. The molecule has 0 aliphatic rings. The molecule has 2 aromatic heterocycles. The average Bonchev–Trinajstić information content (AvgIpc) is 3.73. The van der Waals surface area contributed by atoms with Crippen LogP contribution in [0.25, 0.3) is 77.9 Å². The molecule has 0 amide bonds. The molecule has 0 fully saturated rings. The van der Waals surface area contributed by atoms with Crippen LogP contribution in [0.1, 0.15) is 22.3 Å². The summed E-state index contributed by atoms with van der Waals surface area (Å²) in [5.41, 5.74) is 19.5. The predicted octanol–water partition coefficient (Wildman–Crippen LogP) is 13.5. The van der Waals surface area contributed by atoms with Crippen molar-refractivity contribution in [3.8, 4) is 56.1 Å². The Morgan fingerprint density at radius 3 is 1.04 bits per heavy atom. The molecular weight excluding hydrogens is 629 g/mol. The number of aromatic nitrogens is 2. The highest BCUT2D eigenvalue weighted by Crippen LogP contribution is 2.39. The summed E-state index contributed by atoms with van der Waals surface area (Å²) >= 11 is 0. The van der Waals surface area contributed by atoms with Crippen molar-refractivity contribution in [1.29, 1.82) is 0 Å². The standard InChI is InChI=1S/C50H40N2/c1-33-13-17-39(18-14-33)47-29-41-31-50-42(32-49(41)51(47)43-25-21-37(22-26-43)45-11-7-5-9-35(45)3)30-48(40-19-15-34(2)16-20-40)52(50)44-27-23-38(24-28-44)46-12-8-6-10-36(46)4/h5-32H,1-4H3. The zero-order valence-electron chi connectivity index (χ0n) is 30.1. The Bertz CT molecular complexity index is 2530. The molecule has 0 unspecified atom stereocenters. The molecule has 7 aromatic carbocycles. The minimum Gasteiger partial charge on any atom is -0.309 e. The number of hydrogen-bond donors (Lipinski definition) is 0. The van der Waals surface area contributed by atoms with E-state index in [0.29, 0.717) is 0 Å². The summed E-state index contributed by atoms with van der Waals surface area (Å²) in [6, 6.07) is 62.6. The summed E-state index contributed by atoms with van der Waals surface area (Å²) in [5, 5.41) is 2.41. The first kappa shape index (κ1) is 31.6. The van der Waals surface area contributed by atoms with E-state index >= 15 is 0 Å². The highest BCUT2D eigenvalue weighted by Gasteiger charge is 2.19. The maximum atomic E-state index is 2.43. The van der Waals surface area contributed by atoms with Gasteiger partial charge in [0.2, 0.25) is 0 Å². The van der Waals surface area contributed by atoms with Crippen molar-refractivity contribution in [2.75, 3.05) is 0 Å². The molecule has 0 aliphatic heterocycles. The van der Waals surface area contributed by atoms with Crippen LogP contribution >= 0.6 is 0 Å². The number of nitrogens with zero attached hydrogens (tertiary/aromatic N) is 2. The van der Waals surface area contributed by atoms with Crippen molar-refractivity contribution in [1.82, 2.24) is 9.13 Å². The van der Waals surface area contributed by atoms with Crippen molar-refractivity contribution in [2.24, 2.45) is 0 Å². The van der Waals surface area contributed by atoms with E-state index in [4.69, 9.17) is 0 Å². The van der Waals surface area contributed by atoms with E-state index in [1.807, 2.05) is 0 Å². The summed E-state index contributed by atoms with van der Waals surface area (Å²) in [7, 11) is 0. The van der Waals surface area contributed by atoms with Crippen molar-refractivity contribution in [2.45, 2.75) is 27.7 Å². The molecule has 0 radical (unpaired) electrons. The molecule has 250 valence electrons. The van der Waals surface area contributed by atoms with Crippen LogP contribution in [0.4, 0.5) is 0 Å². The van der Waals surface area contributed by atoms with Gasteiger partial charge < -0.3 is 9.13 Å².